The van der Waals surface area contributed by atoms with E-state index in [1.807, 2.05) is 0 Å². The van der Waals surface area contributed by atoms with Gasteiger partial charge >= 0.3 is 0 Å². The zero-order chi connectivity index (χ0) is 12.1. The molecule has 1 N–H and O–H groups in total. The number of carbonyl (C=O) groups is 1. The van der Waals surface area contributed by atoms with E-state index < -0.39 is 0 Å². The van der Waals surface area contributed by atoms with Gasteiger partial charge in [0.25, 0.3) is 0 Å². The molecule has 0 aromatic rings. The summed E-state index contributed by atoms with van der Waals surface area (Å²) in [4.78, 5) is 14.2. The van der Waals surface area contributed by atoms with Gasteiger partial charge in [-0.15, -0.1) is 0 Å². The quantitative estimate of drug-likeness (QED) is 0.817. The number of hydrogen-bond acceptors (Lipinski definition) is 2. The molecular weight excluding hydrogens is 212 g/mol. The fourth-order valence-corrected chi connectivity index (χ4v) is 3.16. The molecule has 0 aromatic heterocycles. The Balaban J connectivity index is 1.72. The zero-order valence-electron chi connectivity index (χ0n) is 11.1. The van der Waals surface area contributed by atoms with Crippen LogP contribution in [0.5, 0.6) is 0 Å². The minimum absolute atomic E-state index is 0.377. The van der Waals surface area contributed by atoms with Crippen LogP contribution in [0.3, 0.4) is 0 Å². The Bertz CT molecular complexity index is 249. The van der Waals surface area contributed by atoms with Gasteiger partial charge in [0.2, 0.25) is 5.91 Å². The maximum atomic E-state index is 12.1. The van der Waals surface area contributed by atoms with Crippen molar-refractivity contribution in [3.63, 3.8) is 0 Å². The highest BCUT2D eigenvalue weighted by Crippen LogP contribution is 2.27. The van der Waals surface area contributed by atoms with Crippen LogP contribution in [0, 0.1) is 5.92 Å². The van der Waals surface area contributed by atoms with Crippen LogP contribution in [0.4, 0.5) is 0 Å². The van der Waals surface area contributed by atoms with E-state index in [1.54, 1.807) is 0 Å². The Hall–Kier alpha value is -0.570. The van der Waals surface area contributed by atoms with E-state index in [2.05, 4.69) is 17.1 Å². The van der Waals surface area contributed by atoms with Gasteiger partial charge in [0.05, 0.1) is 0 Å². The van der Waals surface area contributed by atoms with E-state index in [-0.39, 0.29) is 0 Å². The molecule has 98 valence electrons. The number of nitrogens with one attached hydrogen (secondary N) is 1. The summed E-state index contributed by atoms with van der Waals surface area (Å²) in [6.45, 7) is 4.95. The lowest BCUT2D eigenvalue weighted by molar-refractivity contribution is -0.134. The van der Waals surface area contributed by atoms with Crippen molar-refractivity contribution in [2.75, 3.05) is 19.6 Å². The molecule has 17 heavy (non-hydrogen) atoms. The first kappa shape index (κ1) is 12.9. The first-order valence-electron chi connectivity index (χ1n) is 7.27. The van der Waals surface area contributed by atoms with E-state index in [9.17, 15) is 4.79 Å². The predicted molar refractivity (Wildman–Crippen MR) is 69.9 cm³/mol. The Morgan fingerprint density at radius 1 is 1.29 bits per heavy atom. The third-order valence-electron chi connectivity index (χ3n) is 4.31. The molecule has 1 unspecified atom stereocenters. The predicted octanol–water partition coefficient (Wildman–Crippen LogP) is 2.17. The molecule has 3 heteroatoms. The molecule has 1 aliphatic heterocycles. The first-order chi connectivity index (χ1) is 8.27. The summed E-state index contributed by atoms with van der Waals surface area (Å²) in [5.74, 6) is 1.20. The first-order valence-corrected chi connectivity index (χ1v) is 7.27. The van der Waals surface area contributed by atoms with E-state index >= 15 is 0 Å². The number of nitrogens with zero attached hydrogens (tertiary/aromatic N) is 1. The van der Waals surface area contributed by atoms with Crippen LogP contribution in [0.1, 0.15) is 51.9 Å². The van der Waals surface area contributed by atoms with Crippen LogP contribution in [0.15, 0.2) is 0 Å². The molecule has 1 saturated carbocycles. The largest absolute Gasteiger partial charge is 0.337 e. The summed E-state index contributed by atoms with van der Waals surface area (Å²) in [5.41, 5.74) is 0. The molecule has 1 aliphatic carbocycles. The molecule has 1 atom stereocenters. The smallest absolute Gasteiger partial charge is 0.222 e. The molecule has 1 heterocycles. The van der Waals surface area contributed by atoms with Crippen molar-refractivity contribution in [2.45, 2.75) is 57.9 Å². The number of hydrogen-bond donors (Lipinski definition) is 1. The van der Waals surface area contributed by atoms with Gasteiger partial charge in [0.1, 0.15) is 0 Å². The number of amides is 1. The zero-order valence-corrected chi connectivity index (χ0v) is 11.1. The third kappa shape index (κ3) is 3.70. The maximum absolute atomic E-state index is 12.1. The van der Waals surface area contributed by atoms with Crippen molar-refractivity contribution in [1.82, 2.24) is 10.2 Å². The topological polar surface area (TPSA) is 32.3 Å². The fraction of sp³-hybridized carbons (Fsp3) is 0.929. The van der Waals surface area contributed by atoms with Crippen LogP contribution >= 0.6 is 0 Å². The molecule has 0 spiro atoms. The second-order valence-electron chi connectivity index (χ2n) is 5.68. The number of piperazine rings is 1. The molecule has 2 aliphatic rings. The average Bonchev–Trinajstić information content (AvgIpc) is 2.38. The molecule has 2 fully saturated rings. The van der Waals surface area contributed by atoms with Crippen molar-refractivity contribution in [2.24, 2.45) is 5.92 Å². The van der Waals surface area contributed by atoms with Crippen molar-refractivity contribution in [3.8, 4) is 0 Å². The molecule has 0 bridgehead atoms. The van der Waals surface area contributed by atoms with Crippen molar-refractivity contribution >= 4 is 5.91 Å². The molecule has 3 nitrogen and oxygen atoms in total. The van der Waals surface area contributed by atoms with Gasteiger partial charge in [-0.25, -0.2) is 0 Å². The van der Waals surface area contributed by atoms with Gasteiger partial charge in [-0.1, -0.05) is 32.1 Å². The van der Waals surface area contributed by atoms with Crippen LogP contribution < -0.4 is 5.32 Å². The van der Waals surface area contributed by atoms with Gasteiger partial charge in [-0.05, 0) is 19.3 Å². The van der Waals surface area contributed by atoms with Crippen LogP contribution in [0.2, 0.25) is 0 Å². The lowest BCUT2D eigenvalue weighted by Crippen LogP contribution is -2.52. The summed E-state index contributed by atoms with van der Waals surface area (Å²) in [7, 11) is 0. The highest BCUT2D eigenvalue weighted by atomic mass is 16.2. The summed E-state index contributed by atoms with van der Waals surface area (Å²) in [5, 5.41) is 3.33. The van der Waals surface area contributed by atoms with Crippen molar-refractivity contribution in [3.05, 3.63) is 0 Å². The summed E-state index contributed by atoms with van der Waals surface area (Å²) >= 11 is 0. The van der Waals surface area contributed by atoms with Crippen LogP contribution in [-0.2, 0) is 4.79 Å². The normalized spacial score (nSPS) is 27.1. The molecule has 0 aromatic carbocycles. The average molecular weight is 238 g/mol. The Morgan fingerprint density at radius 2 is 2.06 bits per heavy atom. The van der Waals surface area contributed by atoms with Crippen molar-refractivity contribution < 1.29 is 4.79 Å². The standard InChI is InChI=1S/C14H26N2O/c1-12-11-15-9-10-16(12)14(17)8-7-13-5-3-2-4-6-13/h12-13,15H,2-11H2,1H3. The molecule has 1 amide bonds. The monoisotopic (exact) mass is 238 g/mol. The summed E-state index contributed by atoms with van der Waals surface area (Å²) in [6, 6.07) is 0.377. The van der Waals surface area contributed by atoms with Crippen LogP contribution in [0.25, 0.3) is 0 Å². The maximum Gasteiger partial charge on any atom is 0.222 e. The van der Waals surface area contributed by atoms with Gasteiger partial charge < -0.3 is 10.2 Å². The number of carbonyl (C=O) groups excluding carboxylic acids is 1. The van der Waals surface area contributed by atoms with Gasteiger partial charge in [0, 0.05) is 32.1 Å². The fourth-order valence-electron chi connectivity index (χ4n) is 3.16. The van der Waals surface area contributed by atoms with E-state index in [1.165, 1.54) is 32.1 Å². The SMILES string of the molecule is CC1CNCCN1C(=O)CCC1CCCCC1. The van der Waals surface area contributed by atoms with E-state index in [0.717, 1.165) is 38.4 Å². The van der Waals surface area contributed by atoms with Gasteiger partial charge in [-0.3, -0.25) is 4.79 Å². The Labute approximate surface area is 105 Å². The molecule has 2 rings (SSSR count). The Kier molecular flexibility index (Phi) is 4.84. The second-order valence-corrected chi connectivity index (χ2v) is 5.68. The minimum Gasteiger partial charge on any atom is -0.337 e. The second kappa shape index (κ2) is 6.39. The van der Waals surface area contributed by atoms with E-state index in [0.29, 0.717) is 11.9 Å². The third-order valence-corrected chi connectivity index (χ3v) is 4.31. The molecule has 0 radical (unpaired) electrons. The highest BCUT2D eigenvalue weighted by molar-refractivity contribution is 5.76. The minimum atomic E-state index is 0.377. The highest BCUT2D eigenvalue weighted by Gasteiger charge is 2.23. The van der Waals surface area contributed by atoms with Gasteiger partial charge in [-0.2, -0.15) is 0 Å². The van der Waals surface area contributed by atoms with Crippen LogP contribution in [-0.4, -0.2) is 36.5 Å². The van der Waals surface area contributed by atoms with Crippen molar-refractivity contribution in [1.29, 1.82) is 0 Å². The Morgan fingerprint density at radius 3 is 2.76 bits per heavy atom. The van der Waals surface area contributed by atoms with Gasteiger partial charge in [0.15, 0.2) is 0 Å². The molecule has 1 saturated heterocycles. The lowest BCUT2D eigenvalue weighted by atomic mass is 9.86. The van der Waals surface area contributed by atoms with E-state index in [4.69, 9.17) is 0 Å². The number of rotatable bonds is 3. The summed E-state index contributed by atoms with van der Waals surface area (Å²) < 4.78 is 0. The summed E-state index contributed by atoms with van der Waals surface area (Å²) in [6.07, 6.45) is 8.75. The lowest BCUT2D eigenvalue weighted by Gasteiger charge is -2.34. The molecular formula is C14H26N2O.